The van der Waals surface area contributed by atoms with E-state index >= 15 is 0 Å². The van der Waals surface area contributed by atoms with E-state index in [1.165, 1.54) is 83.5 Å². The first-order valence-corrected chi connectivity index (χ1v) is 9.59. The zero-order chi connectivity index (χ0) is 15.2. The van der Waals surface area contributed by atoms with Gasteiger partial charge in [0.2, 0.25) is 5.91 Å². The maximum Gasteiger partial charge on any atom is 0.220 e. The number of amides is 1. The maximum atomic E-state index is 11.8. The van der Waals surface area contributed by atoms with Crippen LogP contribution in [0.15, 0.2) is 0 Å². The summed E-state index contributed by atoms with van der Waals surface area (Å²) in [5.74, 6) is 1.04. The second-order valence-electron chi connectivity index (χ2n) is 6.89. The summed E-state index contributed by atoms with van der Waals surface area (Å²) in [6.07, 6.45) is 19.4. The van der Waals surface area contributed by atoms with E-state index in [0.717, 1.165) is 25.3 Å². The molecule has 0 heterocycles. The minimum Gasteiger partial charge on any atom is -0.356 e. The van der Waals surface area contributed by atoms with E-state index in [2.05, 4.69) is 12.2 Å². The van der Waals surface area contributed by atoms with Crippen LogP contribution in [0.1, 0.15) is 103 Å². The van der Waals surface area contributed by atoms with Crippen LogP contribution in [-0.4, -0.2) is 12.5 Å². The lowest BCUT2D eigenvalue weighted by atomic mass is 9.89. The molecule has 1 saturated carbocycles. The first-order valence-electron chi connectivity index (χ1n) is 9.59. The first kappa shape index (κ1) is 18.5. The molecule has 0 radical (unpaired) electrons. The SMILES string of the molecule is CCCCCCCCCCCC(=O)NCC1CCCCC1. The summed E-state index contributed by atoms with van der Waals surface area (Å²) in [6, 6.07) is 0. The minimum atomic E-state index is 0.281. The van der Waals surface area contributed by atoms with Crippen molar-refractivity contribution in [3.63, 3.8) is 0 Å². The second kappa shape index (κ2) is 13.2. The minimum absolute atomic E-state index is 0.281. The summed E-state index contributed by atoms with van der Waals surface area (Å²) in [5, 5.41) is 3.14. The highest BCUT2D eigenvalue weighted by atomic mass is 16.1. The van der Waals surface area contributed by atoms with Gasteiger partial charge in [-0.1, -0.05) is 77.6 Å². The van der Waals surface area contributed by atoms with Gasteiger partial charge in [0.05, 0.1) is 0 Å². The molecule has 2 nitrogen and oxygen atoms in total. The molecule has 0 bridgehead atoms. The van der Waals surface area contributed by atoms with Gasteiger partial charge in [-0.15, -0.1) is 0 Å². The highest BCUT2D eigenvalue weighted by Gasteiger charge is 2.13. The Labute approximate surface area is 132 Å². The summed E-state index contributed by atoms with van der Waals surface area (Å²) >= 11 is 0. The van der Waals surface area contributed by atoms with Crippen LogP contribution in [0.2, 0.25) is 0 Å². The van der Waals surface area contributed by atoms with Crippen LogP contribution in [0.3, 0.4) is 0 Å². The topological polar surface area (TPSA) is 29.1 Å². The molecule has 1 fully saturated rings. The van der Waals surface area contributed by atoms with Gasteiger partial charge < -0.3 is 5.32 Å². The Hall–Kier alpha value is -0.530. The molecule has 0 aromatic heterocycles. The first-order chi connectivity index (χ1) is 10.3. The highest BCUT2D eigenvalue weighted by Crippen LogP contribution is 2.22. The largest absolute Gasteiger partial charge is 0.356 e. The molecular weight excluding hydrogens is 258 g/mol. The fourth-order valence-electron chi connectivity index (χ4n) is 3.33. The molecule has 0 atom stereocenters. The van der Waals surface area contributed by atoms with Crippen LogP contribution in [-0.2, 0) is 4.79 Å². The number of rotatable bonds is 12. The van der Waals surface area contributed by atoms with E-state index < -0.39 is 0 Å². The van der Waals surface area contributed by atoms with Gasteiger partial charge in [-0.2, -0.15) is 0 Å². The molecular formula is C19H37NO. The van der Waals surface area contributed by atoms with Crippen LogP contribution in [0.4, 0.5) is 0 Å². The van der Waals surface area contributed by atoms with E-state index in [4.69, 9.17) is 0 Å². The Morgan fingerprint density at radius 3 is 2.05 bits per heavy atom. The van der Waals surface area contributed by atoms with Crippen molar-refractivity contribution in [2.45, 2.75) is 103 Å². The van der Waals surface area contributed by atoms with E-state index in [-0.39, 0.29) is 5.91 Å². The number of unbranched alkanes of at least 4 members (excludes halogenated alkanes) is 8. The van der Waals surface area contributed by atoms with Gasteiger partial charge in [0.1, 0.15) is 0 Å². The van der Waals surface area contributed by atoms with Crippen molar-refractivity contribution in [2.24, 2.45) is 5.92 Å². The molecule has 124 valence electrons. The average Bonchev–Trinajstić information content (AvgIpc) is 2.52. The van der Waals surface area contributed by atoms with E-state index in [1.54, 1.807) is 0 Å². The third-order valence-electron chi connectivity index (χ3n) is 4.82. The molecule has 0 aliphatic heterocycles. The quantitative estimate of drug-likeness (QED) is 0.466. The summed E-state index contributed by atoms with van der Waals surface area (Å²) < 4.78 is 0. The fraction of sp³-hybridized carbons (Fsp3) is 0.947. The van der Waals surface area contributed by atoms with Crippen molar-refractivity contribution in [3.8, 4) is 0 Å². The molecule has 1 aliphatic carbocycles. The maximum absolute atomic E-state index is 11.8. The molecule has 0 aromatic carbocycles. The summed E-state index contributed by atoms with van der Waals surface area (Å²) in [5.41, 5.74) is 0. The van der Waals surface area contributed by atoms with Gasteiger partial charge in [-0.3, -0.25) is 4.79 Å². The van der Waals surface area contributed by atoms with Gasteiger partial charge in [0, 0.05) is 13.0 Å². The molecule has 1 amide bonds. The molecule has 21 heavy (non-hydrogen) atoms. The highest BCUT2D eigenvalue weighted by molar-refractivity contribution is 5.75. The van der Waals surface area contributed by atoms with Crippen molar-refractivity contribution in [3.05, 3.63) is 0 Å². The van der Waals surface area contributed by atoms with Gasteiger partial charge in [-0.05, 0) is 25.2 Å². The Kier molecular flexibility index (Phi) is 11.6. The Morgan fingerprint density at radius 2 is 1.43 bits per heavy atom. The van der Waals surface area contributed by atoms with Crippen molar-refractivity contribution >= 4 is 5.91 Å². The molecule has 0 saturated heterocycles. The zero-order valence-corrected chi connectivity index (χ0v) is 14.3. The molecule has 1 N–H and O–H groups in total. The van der Waals surface area contributed by atoms with Crippen LogP contribution < -0.4 is 5.32 Å². The third-order valence-corrected chi connectivity index (χ3v) is 4.82. The lowest BCUT2D eigenvalue weighted by molar-refractivity contribution is -0.121. The van der Waals surface area contributed by atoms with Gasteiger partial charge in [-0.25, -0.2) is 0 Å². The van der Waals surface area contributed by atoms with Crippen molar-refractivity contribution in [1.82, 2.24) is 5.32 Å². The van der Waals surface area contributed by atoms with Gasteiger partial charge in [0.25, 0.3) is 0 Å². The average molecular weight is 296 g/mol. The summed E-state index contributed by atoms with van der Waals surface area (Å²) in [6.45, 7) is 3.19. The van der Waals surface area contributed by atoms with Gasteiger partial charge >= 0.3 is 0 Å². The molecule has 0 unspecified atom stereocenters. The molecule has 1 rings (SSSR count). The van der Waals surface area contributed by atoms with E-state index in [9.17, 15) is 4.79 Å². The number of hydrogen-bond donors (Lipinski definition) is 1. The standard InChI is InChI=1S/C19H37NO/c1-2-3-4-5-6-7-8-9-13-16-19(21)20-17-18-14-11-10-12-15-18/h18H,2-17H2,1H3,(H,20,21). The third kappa shape index (κ3) is 10.8. The zero-order valence-electron chi connectivity index (χ0n) is 14.3. The predicted octanol–water partition coefficient (Wildman–Crippen LogP) is 5.60. The fourth-order valence-corrected chi connectivity index (χ4v) is 3.33. The lowest BCUT2D eigenvalue weighted by Crippen LogP contribution is -2.29. The summed E-state index contributed by atoms with van der Waals surface area (Å²) in [7, 11) is 0. The van der Waals surface area contributed by atoms with Gasteiger partial charge in [0.15, 0.2) is 0 Å². The molecule has 2 heteroatoms. The second-order valence-corrected chi connectivity index (χ2v) is 6.89. The smallest absolute Gasteiger partial charge is 0.220 e. The van der Waals surface area contributed by atoms with Crippen molar-refractivity contribution in [1.29, 1.82) is 0 Å². The number of hydrogen-bond acceptors (Lipinski definition) is 1. The number of carbonyl (C=O) groups excluding carboxylic acids is 1. The molecule has 1 aliphatic rings. The molecule has 0 spiro atoms. The molecule has 0 aromatic rings. The normalized spacial score (nSPS) is 16.0. The predicted molar refractivity (Wildman–Crippen MR) is 91.4 cm³/mol. The Bertz CT molecular complexity index is 246. The Morgan fingerprint density at radius 1 is 0.857 bits per heavy atom. The monoisotopic (exact) mass is 295 g/mol. The van der Waals surface area contributed by atoms with Crippen LogP contribution in [0, 0.1) is 5.92 Å². The van der Waals surface area contributed by atoms with Crippen LogP contribution >= 0.6 is 0 Å². The van der Waals surface area contributed by atoms with E-state index in [0.29, 0.717) is 0 Å². The number of carbonyl (C=O) groups is 1. The van der Waals surface area contributed by atoms with E-state index in [1.807, 2.05) is 0 Å². The van der Waals surface area contributed by atoms with Crippen molar-refractivity contribution in [2.75, 3.05) is 6.54 Å². The van der Waals surface area contributed by atoms with Crippen LogP contribution in [0.25, 0.3) is 0 Å². The van der Waals surface area contributed by atoms with Crippen LogP contribution in [0.5, 0.6) is 0 Å². The number of nitrogens with one attached hydrogen (secondary N) is 1. The summed E-state index contributed by atoms with van der Waals surface area (Å²) in [4.78, 5) is 11.8. The lowest BCUT2D eigenvalue weighted by Gasteiger charge is -2.21. The van der Waals surface area contributed by atoms with Crippen molar-refractivity contribution < 1.29 is 4.79 Å². The Balaban J connectivity index is 1.82.